The van der Waals surface area contributed by atoms with E-state index in [0.717, 1.165) is 5.01 Å². The number of benzene rings is 2. The predicted molar refractivity (Wildman–Crippen MR) is 115 cm³/mol. The molecule has 4 rings (SSSR count). The van der Waals surface area contributed by atoms with Crippen LogP contribution in [-0.2, 0) is 9.59 Å². The summed E-state index contributed by atoms with van der Waals surface area (Å²) in [7, 11) is 0. The average Bonchev–Trinajstić information content (AvgIpc) is 3.38. The van der Waals surface area contributed by atoms with Crippen molar-refractivity contribution in [1.29, 1.82) is 0 Å². The van der Waals surface area contributed by atoms with Gasteiger partial charge in [0.25, 0.3) is 11.8 Å². The Hall–Kier alpha value is -4.46. The number of amidine groups is 1. The van der Waals surface area contributed by atoms with Gasteiger partial charge in [-0.2, -0.15) is 5.01 Å². The van der Waals surface area contributed by atoms with Crippen molar-refractivity contribution in [3.05, 3.63) is 95.6 Å². The average molecular weight is 414 g/mol. The molecule has 0 saturated heterocycles. The number of hydrogen-bond donors (Lipinski definition) is 2. The van der Waals surface area contributed by atoms with Crippen molar-refractivity contribution in [1.82, 2.24) is 10.4 Å². The molecule has 1 aliphatic rings. The first kappa shape index (κ1) is 19.8. The summed E-state index contributed by atoms with van der Waals surface area (Å²) in [5, 5.41) is 3.75. The summed E-state index contributed by atoms with van der Waals surface area (Å²) >= 11 is 0. The number of hydrazine groups is 1. The highest BCUT2D eigenvalue weighted by Crippen LogP contribution is 2.21. The number of nitrogens with zero attached hydrogens (tertiary/aromatic N) is 2. The zero-order chi connectivity index (χ0) is 21.8. The van der Waals surface area contributed by atoms with Gasteiger partial charge >= 0.3 is 0 Å². The molecule has 154 valence electrons. The van der Waals surface area contributed by atoms with Crippen LogP contribution in [0.15, 0.2) is 88.1 Å². The van der Waals surface area contributed by atoms with Crippen molar-refractivity contribution in [2.24, 2.45) is 4.99 Å². The molecule has 8 heteroatoms. The molecule has 0 spiro atoms. The van der Waals surface area contributed by atoms with E-state index in [1.807, 2.05) is 18.2 Å². The lowest BCUT2D eigenvalue weighted by Crippen LogP contribution is -2.47. The smallest absolute Gasteiger partial charge is 0.297 e. The number of furan rings is 1. The van der Waals surface area contributed by atoms with Gasteiger partial charge in [0.1, 0.15) is 11.5 Å². The van der Waals surface area contributed by atoms with Gasteiger partial charge in [-0.3, -0.25) is 19.8 Å². The first-order valence-corrected chi connectivity index (χ1v) is 9.43. The second-order valence-corrected chi connectivity index (χ2v) is 6.69. The molecule has 8 nitrogen and oxygen atoms in total. The van der Waals surface area contributed by atoms with Crippen LogP contribution in [0.4, 0.5) is 5.69 Å². The Morgan fingerprint density at radius 3 is 2.39 bits per heavy atom. The lowest BCUT2D eigenvalue weighted by Gasteiger charge is -2.19. The summed E-state index contributed by atoms with van der Waals surface area (Å²) in [5.74, 6) is -0.420. The van der Waals surface area contributed by atoms with Crippen LogP contribution < -0.4 is 10.7 Å². The number of aliphatic imine (C=N–C) groups is 1. The van der Waals surface area contributed by atoms with Gasteiger partial charge < -0.3 is 9.73 Å². The van der Waals surface area contributed by atoms with E-state index in [1.165, 1.54) is 19.3 Å². The summed E-state index contributed by atoms with van der Waals surface area (Å²) in [6.07, 6.45) is 3.01. The zero-order valence-corrected chi connectivity index (χ0v) is 16.5. The summed E-state index contributed by atoms with van der Waals surface area (Å²) in [6.45, 7) is 1.40. The van der Waals surface area contributed by atoms with Crippen molar-refractivity contribution in [2.75, 3.05) is 5.32 Å². The van der Waals surface area contributed by atoms with Crippen LogP contribution in [-0.4, -0.2) is 28.6 Å². The van der Waals surface area contributed by atoms with Crippen molar-refractivity contribution >= 4 is 35.3 Å². The van der Waals surface area contributed by atoms with Gasteiger partial charge in [-0.1, -0.05) is 30.3 Å². The molecule has 0 fully saturated rings. The molecule has 2 N–H and O–H groups in total. The maximum atomic E-state index is 13.0. The maximum absolute atomic E-state index is 13.0. The minimum atomic E-state index is -0.495. The van der Waals surface area contributed by atoms with Gasteiger partial charge in [-0.15, -0.1) is 0 Å². The van der Waals surface area contributed by atoms with Crippen LogP contribution in [0, 0.1) is 0 Å². The van der Waals surface area contributed by atoms with E-state index in [9.17, 15) is 14.4 Å². The van der Waals surface area contributed by atoms with Gasteiger partial charge in [0.05, 0.1) is 6.26 Å². The molecule has 31 heavy (non-hydrogen) atoms. The van der Waals surface area contributed by atoms with Crippen LogP contribution in [0.25, 0.3) is 6.08 Å². The fraction of sp³-hybridized carbons (Fsp3) is 0.0435. The number of rotatable bonds is 5. The lowest BCUT2D eigenvalue weighted by molar-refractivity contribution is -0.124. The summed E-state index contributed by atoms with van der Waals surface area (Å²) in [6, 6.07) is 18.8. The molecular weight excluding hydrogens is 396 g/mol. The molecule has 0 atom stereocenters. The number of amides is 3. The van der Waals surface area contributed by atoms with Gasteiger partial charge in [-0.25, -0.2) is 4.99 Å². The van der Waals surface area contributed by atoms with Crippen molar-refractivity contribution in [3.63, 3.8) is 0 Å². The number of carbonyl (C=O) groups is 3. The Balaban J connectivity index is 1.61. The third-order valence-electron chi connectivity index (χ3n) is 4.40. The van der Waals surface area contributed by atoms with Gasteiger partial charge in [0.2, 0.25) is 5.91 Å². The SMILES string of the molecule is CC(=O)Nc1ccc(C(=O)NN2C(=O)C(=Cc3ccco3)N=C2c2ccccc2)cc1. The fourth-order valence-electron chi connectivity index (χ4n) is 2.98. The number of anilines is 1. The Morgan fingerprint density at radius 1 is 1.00 bits per heavy atom. The monoisotopic (exact) mass is 414 g/mol. The van der Waals surface area contributed by atoms with E-state index < -0.39 is 11.8 Å². The summed E-state index contributed by atoms with van der Waals surface area (Å²) in [5.41, 5.74) is 4.30. The van der Waals surface area contributed by atoms with E-state index in [-0.39, 0.29) is 11.6 Å². The number of nitrogens with one attached hydrogen (secondary N) is 2. The Kier molecular flexibility index (Phi) is 5.44. The van der Waals surface area contributed by atoms with E-state index in [1.54, 1.807) is 48.5 Å². The van der Waals surface area contributed by atoms with Crippen LogP contribution in [0.3, 0.4) is 0 Å². The topological polar surface area (TPSA) is 104 Å². The molecule has 0 saturated carbocycles. The normalized spacial score (nSPS) is 14.5. The molecule has 2 aromatic carbocycles. The standard InChI is InChI=1S/C23H18N4O4/c1-15(28)24-18-11-9-17(10-12-18)22(29)26-27-21(16-6-3-2-4-7-16)25-20(23(27)30)14-19-8-5-13-31-19/h2-14H,1H3,(H,24,28)(H,26,29). The molecule has 0 unspecified atom stereocenters. The maximum Gasteiger partial charge on any atom is 0.297 e. The quantitative estimate of drug-likeness (QED) is 0.626. The van der Waals surface area contributed by atoms with Crippen LogP contribution in [0.1, 0.15) is 28.6 Å². The van der Waals surface area contributed by atoms with Gasteiger partial charge in [-0.05, 0) is 36.4 Å². The lowest BCUT2D eigenvalue weighted by atomic mass is 10.2. The van der Waals surface area contributed by atoms with Gasteiger partial charge in [0, 0.05) is 29.8 Å². The molecule has 0 aliphatic carbocycles. The highest BCUT2D eigenvalue weighted by atomic mass is 16.3. The molecule has 3 aromatic rings. The molecule has 0 radical (unpaired) electrons. The third-order valence-corrected chi connectivity index (χ3v) is 4.40. The molecular formula is C23H18N4O4. The van der Waals surface area contributed by atoms with Crippen LogP contribution in [0.5, 0.6) is 0 Å². The molecule has 3 amide bonds. The Labute approximate surface area is 177 Å². The highest BCUT2D eigenvalue weighted by molar-refractivity contribution is 6.20. The second-order valence-electron chi connectivity index (χ2n) is 6.69. The van der Waals surface area contributed by atoms with Crippen molar-refractivity contribution < 1.29 is 18.8 Å². The van der Waals surface area contributed by atoms with E-state index in [2.05, 4.69) is 15.7 Å². The molecule has 1 aliphatic heterocycles. The van der Waals surface area contributed by atoms with Crippen LogP contribution >= 0.6 is 0 Å². The number of hydrogen-bond acceptors (Lipinski definition) is 5. The Morgan fingerprint density at radius 2 is 1.74 bits per heavy atom. The van der Waals surface area contributed by atoms with E-state index >= 15 is 0 Å². The summed E-state index contributed by atoms with van der Waals surface area (Å²) < 4.78 is 5.28. The highest BCUT2D eigenvalue weighted by Gasteiger charge is 2.33. The molecule has 1 aromatic heterocycles. The molecule has 0 bridgehead atoms. The minimum absolute atomic E-state index is 0.134. The largest absolute Gasteiger partial charge is 0.465 e. The molecule has 2 heterocycles. The predicted octanol–water partition coefficient (Wildman–Crippen LogP) is 3.21. The third kappa shape index (κ3) is 4.43. The van der Waals surface area contributed by atoms with Crippen LogP contribution in [0.2, 0.25) is 0 Å². The first-order chi connectivity index (χ1) is 15.0. The first-order valence-electron chi connectivity index (χ1n) is 9.43. The number of carbonyl (C=O) groups excluding carboxylic acids is 3. The van der Waals surface area contributed by atoms with E-state index in [4.69, 9.17) is 4.42 Å². The van der Waals surface area contributed by atoms with Gasteiger partial charge in [0.15, 0.2) is 5.84 Å². The minimum Gasteiger partial charge on any atom is -0.465 e. The fourth-order valence-corrected chi connectivity index (χ4v) is 2.98. The Bertz CT molecular complexity index is 1180. The second kappa shape index (κ2) is 8.50. The van der Waals surface area contributed by atoms with Crippen molar-refractivity contribution in [3.8, 4) is 0 Å². The summed E-state index contributed by atoms with van der Waals surface area (Å²) in [4.78, 5) is 41.4. The van der Waals surface area contributed by atoms with E-state index in [0.29, 0.717) is 28.4 Å². The van der Waals surface area contributed by atoms with Crippen molar-refractivity contribution in [2.45, 2.75) is 6.92 Å². The zero-order valence-electron chi connectivity index (χ0n) is 16.5.